The van der Waals surface area contributed by atoms with Gasteiger partial charge in [0.05, 0.1) is 6.54 Å². The Bertz CT molecular complexity index is 823. The lowest BCUT2D eigenvalue weighted by Gasteiger charge is -2.05. The summed E-state index contributed by atoms with van der Waals surface area (Å²) in [6, 6.07) is 11.2. The van der Waals surface area contributed by atoms with Crippen molar-refractivity contribution in [3.63, 3.8) is 0 Å². The number of benzene rings is 1. The van der Waals surface area contributed by atoms with Crippen LogP contribution in [0.15, 0.2) is 48.8 Å². The Kier molecular flexibility index (Phi) is 4.43. The van der Waals surface area contributed by atoms with Gasteiger partial charge < -0.3 is 5.32 Å². The summed E-state index contributed by atoms with van der Waals surface area (Å²) in [7, 11) is 0. The van der Waals surface area contributed by atoms with Gasteiger partial charge in [0.25, 0.3) is 0 Å². The van der Waals surface area contributed by atoms with Crippen LogP contribution in [0.25, 0.3) is 0 Å². The predicted octanol–water partition coefficient (Wildman–Crippen LogP) is 2.73. The number of carbonyl (C=O) groups excluding carboxylic acids is 1. The molecule has 0 spiro atoms. The summed E-state index contributed by atoms with van der Waals surface area (Å²) in [6.07, 6.45) is 3.48. The number of carbonyl (C=O) groups is 1. The SMILES string of the molecule is Cc1ccnn1CC(=O)Nc1ccn(Cc2cccc(Cl)c2)n1. The first kappa shape index (κ1) is 15.3. The average molecular weight is 330 g/mol. The van der Waals surface area contributed by atoms with E-state index < -0.39 is 0 Å². The standard InChI is InChI=1S/C16H16ClN5O/c1-12-5-7-18-22(12)11-16(23)19-15-6-8-21(20-15)10-13-3-2-4-14(17)9-13/h2-9H,10-11H2,1H3,(H,19,20,23). The fourth-order valence-electron chi connectivity index (χ4n) is 2.22. The number of aryl methyl sites for hydroxylation is 1. The molecule has 0 bridgehead atoms. The number of hydrogen-bond donors (Lipinski definition) is 1. The molecule has 7 heteroatoms. The Labute approximate surface area is 138 Å². The third kappa shape index (κ3) is 3.98. The Morgan fingerprint density at radius 1 is 1.30 bits per heavy atom. The van der Waals surface area contributed by atoms with Gasteiger partial charge in [-0.25, -0.2) is 0 Å². The van der Waals surface area contributed by atoms with Gasteiger partial charge in [-0.15, -0.1) is 0 Å². The lowest BCUT2D eigenvalue weighted by atomic mass is 10.2. The van der Waals surface area contributed by atoms with Crippen LogP contribution in [0.2, 0.25) is 5.02 Å². The van der Waals surface area contributed by atoms with Gasteiger partial charge in [-0.05, 0) is 30.7 Å². The molecule has 2 heterocycles. The third-order valence-corrected chi connectivity index (χ3v) is 3.60. The maximum atomic E-state index is 12.0. The number of rotatable bonds is 5. The lowest BCUT2D eigenvalue weighted by Crippen LogP contribution is -2.20. The van der Waals surface area contributed by atoms with E-state index >= 15 is 0 Å². The Morgan fingerprint density at radius 2 is 2.17 bits per heavy atom. The van der Waals surface area contributed by atoms with E-state index in [0.717, 1.165) is 11.3 Å². The summed E-state index contributed by atoms with van der Waals surface area (Å²) in [4.78, 5) is 12.0. The van der Waals surface area contributed by atoms with Gasteiger partial charge >= 0.3 is 0 Å². The van der Waals surface area contributed by atoms with E-state index in [2.05, 4.69) is 15.5 Å². The number of halogens is 1. The summed E-state index contributed by atoms with van der Waals surface area (Å²) < 4.78 is 3.39. The molecule has 118 valence electrons. The van der Waals surface area contributed by atoms with Gasteiger partial charge in [0.15, 0.2) is 5.82 Å². The number of aromatic nitrogens is 4. The molecule has 0 aliphatic carbocycles. The second-order valence-electron chi connectivity index (χ2n) is 5.21. The highest BCUT2D eigenvalue weighted by Crippen LogP contribution is 2.12. The second kappa shape index (κ2) is 6.66. The van der Waals surface area contributed by atoms with Crippen molar-refractivity contribution < 1.29 is 4.79 Å². The number of nitrogens with one attached hydrogen (secondary N) is 1. The van der Waals surface area contributed by atoms with Crippen LogP contribution in [0.4, 0.5) is 5.82 Å². The van der Waals surface area contributed by atoms with Gasteiger partial charge in [-0.1, -0.05) is 23.7 Å². The van der Waals surface area contributed by atoms with E-state index in [1.54, 1.807) is 21.6 Å². The minimum Gasteiger partial charge on any atom is -0.308 e. The molecular formula is C16H16ClN5O. The quantitative estimate of drug-likeness (QED) is 0.782. The Hall–Kier alpha value is -2.60. The van der Waals surface area contributed by atoms with Crippen molar-refractivity contribution in [3.8, 4) is 0 Å². The fraction of sp³-hybridized carbons (Fsp3) is 0.188. The second-order valence-corrected chi connectivity index (χ2v) is 5.64. The van der Waals surface area contributed by atoms with Crippen molar-refractivity contribution in [1.29, 1.82) is 0 Å². The molecule has 0 atom stereocenters. The van der Waals surface area contributed by atoms with Gasteiger partial charge in [0.1, 0.15) is 6.54 Å². The van der Waals surface area contributed by atoms with E-state index in [4.69, 9.17) is 11.6 Å². The zero-order valence-corrected chi connectivity index (χ0v) is 13.4. The minimum absolute atomic E-state index is 0.162. The Balaban J connectivity index is 1.61. The number of hydrogen-bond acceptors (Lipinski definition) is 3. The molecule has 0 fully saturated rings. The molecular weight excluding hydrogens is 314 g/mol. The van der Waals surface area contributed by atoms with Crippen LogP contribution in [0.5, 0.6) is 0 Å². The third-order valence-electron chi connectivity index (χ3n) is 3.36. The van der Waals surface area contributed by atoms with Crippen LogP contribution in [0.3, 0.4) is 0 Å². The van der Waals surface area contributed by atoms with Crippen molar-refractivity contribution in [1.82, 2.24) is 19.6 Å². The maximum Gasteiger partial charge on any atom is 0.247 e. The molecule has 0 unspecified atom stereocenters. The van der Waals surface area contributed by atoms with E-state index in [1.165, 1.54) is 0 Å². The fourth-order valence-corrected chi connectivity index (χ4v) is 2.43. The van der Waals surface area contributed by atoms with Crippen LogP contribution in [-0.4, -0.2) is 25.5 Å². The lowest BCUT2D eigenvalue weighted by molar-refractivity contribution is -0.117. The first-order chi connectivity index (χ1) is 11.1. The van der Waals surface area contributed by atoms with Crippen LogP contribution in [0, 0.1) is 6.92 Å². The number of amides is 1. The molecule has 3 aromatic rings. The molecule has 6 nitrogen and oxygen atoms in total. The van der Waals surface area contributed by atoms with E-state index in [9.17, 15) is 4.79 Å². The monoisotopic (exact) mass is 329 g/mol. The summed E-state index contributed by atoms with van der Waals surface area (Å²) in [5.74, 6) is 0.353. The molecule has 1 aromatic carbocycles. The molecule has 0 saturated carbocycles. The predicted molar refractivity (Wildman–Crippen MR) is 88.4 cm³/mol. The van der Waals surface area contributed by atoms with Crippen LogP contribution < -0.4 is 5.32 Å². The topological polar surface area (TPSA) is 64.7 Å². The molecule has 0 saturated heterocycles. The Morgan fingerprint density at radius 3 is 2.91 bits per heavy atom. The van der Waals surface area contributed by atoms with Gasteiger partial charge in [-0.3, -0.25) is 14.2 Å². The molecule has 0 radical (unpaired) electrons. The smallest absolute Gasteiger partial charge is 0.247 e. The first-order valence-electron chi connectivity index (χ1n) is 7.16. The molecule has 1 N–H and O–H groups in total. The van der Waals surface area contributed by atoms with Crippen LogP contribution in [-0.2, 0) is 17.9 Å². The first-order valence-corrected chi connectivity index (χ1v) is 7.54. The number of nitrogens with zero attached hydrogens (tertiary/aromatic N) is 4. The zero-order valence-electron chi connectivity index (χ0n) is 12.6. The maximum absolute atomic E-state index is 12.0. The molecule has 23 heavy (non-hydrogen) atoms. The highest BCUT2D eigenvalue weighted by Gasteiger charge is 2.08. The van der Waals surface area contributed by atoms with E-state index in [1.807, 2.05) is 43.5 Å². The average Bonchev–Trinajstić information content (AvgIpc) is 3.09. The van der Waals surface area contributed by atoms with Crippen molar-refractivity contribution in [2.75, 3.05) is 5.32 Å². The molecule has 0 aliphatic rings. The summed E-state index contributed by atoms with van der Waals surface area (Å²) in [6.45, 7) is 2.66. The summed E-state index contributed by atoms with van der Waals surface area (Å²) in [5, 5.41) is 11.9. The van der Waals surface area contributed by atoms with Gasteiger partial charge in [0.2, 0.25) is 5.91 Å². The molecule has 3 rings (SSSR count). The minimum atomic E-state index is -0.162. The van der Waals surface area contributed by atoms with Crippen molar-refractivity contribution in [2.45, 2.75) is 20.0 Å². The van der Waals surface area contributed by atoms with Gasteiger partial charge in [-0.2, -0.15) is 10.2 Å². The molecule has 1 amide bonds. The zero-order chi connectivity index (χ0) is 16.2. The summed E-state index contributed by atoms with van der Waals surface area (Å²) >= 11 is 5.97. The number of anilines is 1. The van der Waals surface area contributed by atoms with E-state index in [0.29, 0.717) is 17.4 Å². The van der Waals surface area contributed by atoms with Crippen molar-refractivity contribution in [2.24, 2.45) is 0 Å². The highest BCUT2D eigenvalue weighted by atomic mass is 35.5. The van der Waals surface area contributed by atoms with Crippen molar-refractivity contribution >= 4 is 23.3 Å². The highest BCUT2D eigenvalue weighted by molar-refractivity contribution is 6.30. The van der Waals surface area contributed by atoms with Crippen LogP contribution >= 0.6 is 11.6 Å². The van der Waals surface area contributed by atoms with Crippen molar-refractivity contribution in [3.05, 3.63) is 65.1 Å². The molecule has 0 aliphatic heterocycles. The largest absolute Gasteiger partial charge is 0.308 e. The van der Waals surface area contributed by atoms with Crippen LogP contribution in [0.1, 0.15) is 11.3 Å². The van der Waals surface area contributed by atoms with Gasteiger partial charge in [0, 0.05) is 29.2 Å². The molecule has 2 aromatic heterocycles. The summed E-state index contributed by atoms with van der Waals surface area (Å²) in [5.41, 5.74) is 1.98. The normalized spacial score (nSPS) is 10.7. The van der Waals surface area contributed by atoms with E-state index in [-0.39, 0.29) is 12.5 Å².